The van der Waals surface area contributed by atoms with E-state index in [1.165, 1.54) is 11.1 Å². The Labute approximate surface area is 122 Å². The van der Waals surface area contributed by atoms with Crippen LogP contribution in [0.25, 0.3) is 0 Å². The molecule has 3 nitrogen and oxygen atoms in total. The fourth-order valence-corrected chi connectivity index (χ4v) is 2.44. The van der Waals surface area contributed by atoms with Crippen molar-refractivity contribution < 1.29 is 4.74 Å². The molecule has 1 N–H and O–H groups in total. The second kappa shape index (κ2) is 6.78. The highest BCUT2D eigenvalue weighted by Crippen LogP contribution is 2.24. The molecule has 102 valence electrons. The predicted octanol–water partition coefficient (Wildman–Crippen LogP) is 3.42. The molecule has 0 amide bonds. The summed E-state index contributed by atoms with van der Waals surface area (Å²) < 4.78 is 8.65. The minimum atomic E-state index is 0.814. The Hall–Kier alpha value is -1.26. The zero-order valence-corrected chi connectivity index (χ0v) is 12.9. The summed E-state index contributed by atoms with van der Waals surface area (Å²) in [4.78, 5) is 0. The first-order chi connectivity index (χ1) is 9.22. The molecule has 1 aromatic carbocycles. The van der Waals surface area contributed by atoms with E-state index in [2.05, 4.69) is 57.3 Å². The summed E-state index contributed by atoms with van der Waals surface area (Å²) in [6.07, 6.45) is 4.27. The number of hydrogen-bond acceptors (Lipinski definition) is 2. The van der Waals surface area contributed by atoms with Gasteiger partial charge in [-0.2, -0.15) is 0 Å². The first-order valence-electron chi connectivity index (χ1n) is 6.40. The maximum absolute atomic E-state index is 5.40. The summed E-state index contributed by atoms with van der Waals surface area (Å²) in [5.41, 5.74) is 2.47. The number of methoxy groups -OCH3 is 1. The van der Waals surface area contributed by atoms with E-state index >= 15 is 0 Å². The Balaban J connectivity index is 2.12. The van der Waals surface area contributed by atoms with Crippen molar-refractivity contribution in [3.63, 3.8) is 0 Å². The predicted molar refractivity (Wildman–Crippen MR) is 81.6 cm³/mol. The maximum atomic E-state index is 5.40. The molecule has 0 spiro atoms. The summed E-state index contributed by atoms with van der Waals surface area (Å²) in [6, 6.07) is 8.23. The van der Waals surface area contributed by atoms with Gasteiger partial charge in [-0.15, -0.1) is 0 Å². The third kappa shape index (κ3) is 3.85. The van der Waals surface area contributed by atoms with Gasteiger partial charge < -0.3 is 14.6 Å². The molecular formula is C15H19BrN2O. The molecule has 0 aliphatic carbocycles. The van der Waals surface area contributed by atoms with Gasteiger partial charge in [0.1, 0.15) is 5.75 Å². The van der Waals surface area contributed by atoms with E-state index in [9.17, 15) is 0 Å². The number of nitrogens with zero attached hydrogens (tertiary/aromatic N) is 1. The van der Waals surface area contributed by atoms with Gasteiger partial charge >= 0.3 is 0 Å². The second-order valence-electron chi connectivity index (χ2n) is 4.43. The van der Waals surface area contributed by atoms with E-state index in [0.717, 1.165) is 29.9 Å². The molecule has 0 saturated carbocycles. The minimum absolute atomic E-state index is 0.814. The number of ether oxygens (including phenoxy) is 1. The number of nitrogens with one attached hydrogen (secondary N) is 1. The normalized spacial score (nSPS) is 10.7. The van der Waals surface area contributed by atoms with Crippen LogP contribution in [0.2, 0.25) is 0 Å². The first kappa shape index (κ1) is 14.2. The van der Waals surface area contributed by atoms with Crippen LogP contribution in [-0.4, -0.2) is 18.2 Å². The molecule has 1 heterocycles. The van der Waals surface area contributed by atoms with Crippen LogP contribution in [0.15, 0.2) is 41.1 Å². The molecule has 0 unspecified atom stereocenters. The summed E-state index contributed by atoms with van der Waals surface area (Å²) in [7, 11) is 1.71. The second-order valence-corrected chi connectivity index (χ2v) is 5.34. The van der Waals surface area contributed by atoms with Crippen LogP contribution in [0.4, 0.5) is 0 Å². The Morgan fingerprint density at radius 1 is 1.32 bits per heavy atom. The number of benzene rings is 1. The van der Waals surface area contributed by atoms with Crippen LogP contribution in [0, 0.1) is 0 Å². The molecule has 0 atom stereocenters. The highest BCUT2D eigenvalue weighted by atomic mass is 79.9. The van der Waals surface area contributed by atoms with Crippen LogP contribution < -0.4 is 10.1 Å². The Bertz CT molecular complexity index is 537. The van der Waals surface area contributed by atoms with Crippen LogP contribution >= 0.6 is 15.9 Å². The zero-order valence-electron chi connectivity index (χ0n) is 11.3. The first-order valence-corrected chi connectivity index (χ1v) is 7.20. The fraction of sp³-hybridized carbons (Fsp3) is 0.333. The van der Waals surface area contributed by atoms with Crippen LogP contribution in [0.5, 0.6) is 5.75 Å². The molecule has 2 aromatic rings. The van der Waals surface area contributed by atoms with Gasteiger partial charge in [0.15, 0.2) is 0 Å². The van der Waals surface area contributed by atoms with Crippen molar-refractivity contribution in [1.29, 1.82) is 0 Å². The van der Waals surface area contributed by atoms with Gasteiger partial charge in [-0.3, -0.25) is 0 Å². The lowest BCUT2D eigenvalue weighted by molar-refractivity contribution is 0.408. The van der Waals surface area contributed by atoms with Crippen molar-refractivity contribution in [2.24, 2.45) is 0 Å². The van der Waals surface area contributed by atoms with E-state index in [1.807, 2.05) is 12.1 Å². The van der Waals surface area contributed by atoms with Gasteiger partial charge in [0, 0.05) is 29.0 Å². The standard InChI is InChI=1S/C15H19BrN2O/c1-3-17-9-12-6-7-18(10-12)11-13-8-14(16)4-5-15(13)19-2/h4-8,10,17H,3,9,11H2,1-2H3. The lowest BCUT2D eigenvalue weighted by Crippen LogP contribution is -2.11. The van der Waals surface area contributed by atoms with Crippen molar-refractivity contribution in [2.45, 2.75) is 20.0 Å². The molecule has 0 saturated heterocycles. The van der Waals surface area contributed by atoms with Crippen LogP contribution in [0.3, 0.4) is 0 Å². The van der Waals surface area contributed by atoms with Crippen LogP contribution in [0.1, 0.15) is 18.1 Å². The molecule has 19 heavy (non-hydrogen) atoms. The van der Waals surface area contributed by atoms with Gasteiger partial charge in [0.25, 0.3) is 0 Å². The fourth-order valence-electron chi connectivity index (χ4n) is 2.03. The SMILES string of the molecule is CCNCc1ccn(Cc2cc(Br)ccc2OC)c1. The Morgan fingerprint density at radius 3 is 2.89 bits per heavy atom. The van der Waals surface area contributed by atoms with E-state index in [-0.39, 0.29) is 0 Å². The van der Waals surface area contributed by atoms with Gasteiger partial charge in [0.05, 0.1) is 13.7 Å². The quantitative estimate of drug-likeness (QED) is 0.882. The van der Waals surface area contributed by atoms with Crippen LogP contribution in [-0.2, 0) is 13.1 Å². The van der Waals surface area contributed by atoms with Crippen molar-refractivity contribution >= 4 is 15.9 Å². The Kier molecular flexibility index (Phi) is 5.05. The smallest absolute Gasteiger partial charge is 0.123 e. The third-order valence-electron chi connectivity index (χ3n) is 2.99. The number of aromatic nitrogens is 1. The average Bonchev–Trinajstić information content (AvgIpc) is 2.84. The largest absolute Gasteiger partial charge is 0.496 e. The number of rotatable bonds is 6. The zero-order chi connectivity index (χ0) is 13.7. The van der Waals surface area contributed by atoms with Gasteiger partial charge in [-0.05, 0) is 36.4 Å². The summed E-state index contributed by atoms with van der Waals surface area (Å²) in [6.45, 7) is 4.84. The lowest BCUT2D eigenvalue weighted by atomic mass is 10.2. The topological polar surface area (TPSA) is 26.2 Å². The van der Waals surface area contributed by atoms with E-state index in [0.29, 0.717) is 0 Å². The van der Waals surface area contributed by atoms with Crippen molar-refractivity contribution in [2.75, 3.05) is 13.7 Å². The summed E-state index contributed by atoms with van der Waals surface area (Å²) in [5.74, 6) is 0.921. The third-order valence-corrected chi connectivity index (χ3v) is 3.48. The van der Waals surface area contributed by atoms with Crippen molar-refractivity contribution in [3.8, 4) is 5.75 Å². The molecular weight excluding hydrogens is 304 g/mol. The van der Waals surface area contributed by atoms with E-state index < -0.39 is 0 Å². The minimum Gasteiger partial charge on any atom is -0.496 e. The monoisotopic (exact) mass is 322 g/mol. The molecule has 0 aliphatic heterocycles. The maximum Gasteiger partial charge on any atom is 0.123 e. The molecule has 0 aliphatic rings. The van der Waals surface area contributed by atoms with Crippen molar-refractivity contribution in [1.82, 2.24) is 9.88 Å². The number of halogens is 1. The van der Waals surface area contributed by atoms with Gasteiger partial charge in [-0.25, -0.2) is 0 Å². The molecule has 0 bridgehead atoms. The number of hydrogen-bond donors (Lipinski definition) is 1. The highest BCUT2D eigenvalue weighted by molar-refractivity contribution is 9.10. The molecule has 4 heteroatoms. The molecule has 1 aromatic heterocycles. The average molecular weight is 323 g/mol. The van der Waals surface area contributed by atoms with E-state index in [4.69, 9.17) is 4.74 Å². The highest BCUT2D eigenvalue weighted by Gasteiger charge is 2.05. The summed E-state index contributed by atoms with van der Waals surface area (Å²) >= 11 is 3.50. The van der Waals surface area contributed by atoms with E-state index in [1.54, 1.807) is 7.11 Å². The molecule has 2 rings (SSSR count). The van der Waals surface area contributed by atoms with Crippen molar-refractivity contribution in [3.05, 3.63) is 52.3 Å². The van der Waals surface area contributed by atoms with Gasteiger partial charge in [0.2, 0.25) is 0 Å². The summed E-state index contributed by atoms with van der Waals surface area (Å²) in [5, 5.41) is 3.33. The van der Waals surface area contributed by atoms with Gasteiger partial charge in [-0.1, -0.05) is 22.9 Å². The molecule has 0 radical (unpaired) electrons. The molecule has 0 fully saturated rings. The lowest BCUT2D eigenvalue weighted by Gasteiger charge is -2.10. The Morgan fingerprint density at radius 2 is 2.16 bits per heavy atom.